The van der Waals surface area contributed by atoms with E-state index in [1.165, 1.54) is 0 Å². The Labute approximate surface area is 144 Å². The quantitative estimate of drug-likeness (QED) is 0.783. The number of hydrogen-bond donors (Lipinski definition) is 1. The van der Waals surface area contributed by atoms with E-state index in [4.69, 9.17) is 26.8 Å². The van der Waals surface area contributed by atoms with Crippen LogP contribution in [0.5, 0.6) is 5.75 Å². The summed E-state index contributed by atoms with van der Waals surface area (Å²) in [6.07, 6.45) is 0. The van der Waals surface area contributed by atoms with Crippen LogP contribution in [0.1, 0.15) is 11.4 Å². The molecule has 8 nitrogen and oxygen atoms in total. The standard InChI is InChI=1S/C15H18ClN5O3/c1-9-6-10(16)4-5-11(9)23-8-13(22)24-7-12-18-14(17)20-15(19-12)21(2)3/h4-6H,7-8H2,1-3H3,(H2,17,18,19,20). The molecule has 0 bridgehead atoms. The number of anilines is 2. The van der Waals surface area contributed by atoms with Crippen molar-refractivity contribution in [1.82, 2.24) is 15.0 Å². The molecule has 0 aliphatic carbocycles. The van der Waals surface area contributed by atoms with Crippen molar-refractivity contribution >= 4 is 29.5 Å². The summed E-state index contributed by atoms with van der Waals surface area (Å²) >= 11 is 5.87. The van der Waals surface area contributed by atoms with Crippen LogP contribution in [-0.4, -0.2) is 41.6 Å². The molecule has 0 aliphatic rings. The molecule has 2 aromatic rings. The van der Waals surface area contributed by atoms with Gasteiger partial charge in [0.05, 0.1) is 0 Å². The van der Waals surface area contributed by atoms with Gasteiger partial charge < -0.3 is 20.1 Å². The summed E-state index contributed by atoms with van der Waals surface area (Å²) in [7, 11) is 3.54. The summed E-state index contributed by atoms with van der Waals surface area (Å²) < 4.78 is 10.5. The molecular weight excluding hydrogens is 334 g/mol. The van der Waals surface area contributed by atoms with E-state index in [1.807, 2.05) is 6.92 Å². The molecule has 1 aromatic heterocycles. The number of nitrogens with two attached hydrogens (primary N) is 1. The first-order chi connectivity index (χ1) is 11.3. The van der Waals surface area contributed by atoms with Gasteiger partial charge in [-0.1, -0.05) is 11.6 Å². The zero-order valence-corrected chi connectivity index (χ0v) is 14.4. The summed E-state index contributed by atoms with van der Waals surface area (Å²) in [5.74, 6) is 0.738. The molecule has 0 spiro atoms. The van der Waals surface area contributed by atoms with E-state index in [0.717, 1.165) is 5.56 Å². The number of benzene rings is 1. The molecule has 0 saturated carbocycles. The van der Waals surface area contributed by atoms with Crippen molar-refractivity contribution in [1.29, 1.82) is 0 Å². The number of ether oxygens (including phenoxy) is 2. The van der Waals surface area contributed by atoms with Gasteiger partial charge >= 0.3 is 5.97 Å². The lowest BCUT2D eigenvalue weighted by atomic mass is 10.2. The normalized spacial score (nSPS) is 10.3. The molecule has 128 valence electrons. The lowest BCUT2D eigenvalue weighted by molar-refractivity contribution is -0.147. The lowest BCUT2D eigenvalue weighted by Crippen LogP contribution is -2.19. The average molecular weight is 352 g/mol. The van der Waals surface area contributed by atoms with Crippen LogP contribution >= 0.6 is 11.6 Å². The van der Waals surface area contributed by atoms with E-state index in [9.17, 15) is 4.79 Å². The maximum Gasteiger partial charge on any atom is 0.344 e. The van der Waals surface area contributed by atoms with Gasteiger partial charge in [0.1, 0.15) is 5.75 Å². The van der Waals surface area contributed by atoms with Crippen molar-refractivity contribution in [2.75, 3.05) is 31.3 Å². The lowest BCUT2D eigenvalue weighted by Gasteiger charge is -2.12. The molecule has 2 rings (SSSR count). The van der Waals surface area contributed by atoms with Gasteiger partial charge in [-0.15, -0.1) is 0 Å². The summed E-state index contributed by atoms with van der Waals surface area (Å²) in [4.78, 5) is 25.5. The van der Waals surface area contributed by atoms with Crippen LogP contribution in [0.15, 0.2) is 18.2 Å². The van der Waals surface area contributed by atoms with E-state index in [2.05, 4.69) is 15.0 Å². The fourth-order valence-electron chi connectivity index (χ4n) is 1.79. The third-order valence-electron chi connectivity index (χ3n) is 2.93. The highest BCUT2D eigenvalue weighted by molar-refractivity contribution is 6.30. The highest BCUT2D eigenvalue weighted by atomic mass is 35.5. The van der Waals surface area contributed by atoms with Crippen LogP contribution in [0.25, 0.3) is 0 Å². The predicted octanol–water partition coefficient (Wildman–Crippen LogP) is 1.60. The molecule has 0 atom stereocenters. The molecule has 24 heavy (non-hydrogen) atoms. The second-order valence-electron chi connectivity index (χ2n) is 5.16. The minimum atomic E-state index is -0.547. The number of rotatable bonds is 6. The third kappa shape index (κ3) is 4.95. The number of aryl methyl sites for hydroxylation is 1. The Bertz CT molecular complexity index is 739. The summed E-state index contributed by atoms with van der Waals surface area (Å²) in [5.41, 5.74) is 6.43. The van der Waals surface area contributed by atoms with Crippen LogP contribution < -0.4 is 15.4 Å². The zero-order valence-electron chi connectivity index (χ0n) is 13.6. The van der Waals surface area contributed by atoms with Gasteiger partial charge in [-0.3, -0.25) is 0 Å². The molecule has 1 heterocycles. The number of nitrogens with zero attached hydrogens (tertiary/aromatic N) is 4. The van der Waals surface area contributed by atoms with Gasteiger partial charge in [0, 0.05) is 19.1 Å². The largest absolute Gasteiger partial charge is 0.482 e. The minimum Gasteiger partial charge on any atom is -0.482 e. The maximum absolute atomic E-state index is 11.8. The molecular formula is C15H18ClN5O3. The molecule has 1 aromatic carbocycles. The van der Waals surface area contributed by atoms with Gasteiger partial charge in [-0.25, -0.2) is 4.79 Å². The summed E-state index contributed by atoms with van der Waals surface area (Å²) in [6, 6.07) is 5.13. The van der Waals surface area contributed by atoms with Crippen LogP contribution in [0.3, 0.4) is 0 Å². The van der Waals surface area contributed by atoms with Gasteiger partial charge in [0.25, 0.3) is 0 Å². The van der Waals surface area contributed by atoms with E-state index < -0.39 is 5.97 Å². The minimum absolute atomic E-state index is 0.0628. The maximum atomic E-state index is 11.8. The second kappa shape index (κ2) is 7.78. The van der Waals surface area contributed by atoms with Gasteiger partial charge in [-0.2, -0.15) is 15.0 Å². The van der Waals surface area contributed by atoms with Crippen LogP contribution in [-0.2, 0) is 16.1 Å². The molecule has 0 amide bonds. The van der Waals surface area contributed by atoms with Crippen LogP contribution in [0, 0.1) is 6.92 Å². The number of halogens is 1. The van der Waals surface area contributed by atoms with Gasteiger partial charge in [0.15, 0.2) is 19.0 Å². The fraction of sp³-hybridized carbons (Fsp3) is 0.333. The molecule has 2 N–H and O–H groups in total. The average Bonchev–Trinajstić information content (AvgIpc) is 2.51. The molecule has 0 radical (unpaired) electrons. The first kappa shape index (κ1) is 17.7. The Balaban J connectivity index is 1.89. The van der Waals surface area contributed by atoms with E-state index in [1.54, 1.807) is 37.2 Å². The summed E-state index contributed by atoms with van der Waals surface area (Å²) in [6.45, 7) is 1.49. The summed E-state index contributed by atoms with van der Waals surface area (Å²) in [5, 5.41) is 0.603. The van der Waals surface area contributed by atoms with E-state index in [-0.39, 0.29) is 25.0 Å². The Morgan fingerprint density at radius 3 is 2.71 bits per heavy atom. The molecule has 0 aliphatic heterocycles. The van der Waals surface area contributed by atoms with E-state index in [0.29, 0.717) is 16.7 Å². The number of carbonyl (C=O) groups is 1. The van der Waals surface area contributed by atoms with E-state index >= 15 is 0 Å². The zero-order chi connectivity index (χ0) is 17.7. The number of esters is 1. The van der Waals surface area contributed by atoms with Gasteiger partial charge in [-0.05, 0) is 30.7 Å². The first-order valence-electron chi connectivity index (χ1n) is 7.07. The smallest absolute Gasteiger partial charge is 0.344 e. The molecule has 0 fully saturated rings. The number of aromatic nitrogens is 3. The van der Waals surface area contributed by atoms with Crippen LogP contribution in [0.2, 0.25) is 5.02 Å². The van der Waals surface area contributed by atoms with Crippen molar-refractivity contribution in [3.05, 3.63) is 34.6 Å². The Kier molecular flexibility index (Phi) is 5.75. The van der Waals surface area contributed by atoms with Crippen molar-refractivity contribution in [2.45, 2.75) is 13.5 Å². The molecule has 9 heteroatoms. The second-order valence-corrected chi connectivity index (χ2v) is 5.60. The predicted molar refractivity (Wildman–Crippen MR) is 90.0 cm³/mol. The highest BCUT2D eigenvalue weighted by Gasteiger charge is 2.10. The number of hydrogen-bond acceptors (Lipinski definition) is 8. The first-order valence-corrected chi connectivity index (χ1v) is 7.45. The highest BCUT2D eigenvalue weighted by Crippen LogP contribution is 2.21. The Morgan fingerprint density at radius 1 is 1.29 bits per heavy atom. The monoisotopic (exact) mass is 351 g/mol. The van der Waals surface area contributed by atoms with Crippen molar-refractivity contribution in [3.8, 4) is 5.75 Å². The van der Waals surface area contributed by atoms with Crippen molar-refractivity contribution in [2.24, 2.45) is 0 Å². The SMILES string of the molecule is Cc1cc(Cl)ccc1OCC(=O)OCc1nc(N)nc(N(C)C)n1. The number of carbonyl (C=O) groups excluding carboxylic acids is 1. The molecule has 0 unspecified atom stereocenters. The van der Waals surface area contributed by atoms with Gasteiger partial charge in [0.2, 0.25) is 11.9 Å². The third-order valence-corrected chi connectivity index (χ3v) is 3.17. The number of nitrogen functional groups attached to an aromatic ring is 1. The fourth-order valence-corrected chi connectivity index (χ4v) is 2.01. The van der Waals surface area contributed by atoms with Crippen LogP contribution in [0.4, 0.5) is 11.9 Å². The Morgan fingerprint density at radius 2 is 2.04 bits per heavy atom. The molecule has 0 saturated heterocycles. The Hall–Kier alpha value is -2.61. The topological polar surface area (TPSA) is 103 Å². The van der Waals surface area contributed by atoms with Crippen molar-refractivity contribution < 1.29 is 14.3 Å². The van der Waals surface area contributed by atoms with Crippen molar-refractivity contribution in [3.63, 3.8) is 0 Å².